The summed E-state index contributed by atoms with van der Waals surface area (Å²) in [6.07, 6.45) is 0. The fourth-order valence-electron chi connectivity index (χ4n) is 1.56. The van der Waals surface area contributed by atoms with E-state index < -0.39 is 0 Å². The summed E-state index contributed by atoms with van der Waals surface area (Å²) >= 11 is 7.75. The van der Waals surface area contributed by atoms with Crippen molar-refractivity contribution < 1.29 is 7.86 Å². The fraction of sp³-hybridized carbons (Fsp3) is 0.222. The van der Waals surface area contributed by atoms with E-state index in [0.717, 1.165) is 5.56 Å². The second-order valence-electron chi connectivity index (χ2n) is 3.14. The molecule has 0 aromatic heterocycles. The number of carbonyl (C=O) groups excluding carboxylic acids is 1. The van der Waals surface area contributed by atoms with Crippen LogP contribution in [0.25, 0.3) is 0 Å². The normalized spacial score (nSPS) is 14.5. The summed E-state index contributed by atoms with van der Waals surface area (Å²) in [5.41, 5.74) is 1.45. The first kappa shape index (κ1) is 10.0. The lowest BCUT2D eigenvalue weighted by Crippen LogP contribution is -2.17. The average molecular weight is 324 g/mol. The van der Waals surface area contributed by atoms with Crippen LogP contribution < -0.4 is 3.07 Å². The molecule has 1 aromatic rings. The molecule has 5 heteroatoms. The lowest BCUT2D eigenvalue weighted by molar-refractivity contribution is 0.0816. The van der Waals surface area contributed by atoms with Gasteiger partial charge in [-0.15, -0.1) is 0 Å². The lowest BCUT2D eigenvalue weighted by Gasteiger charge is -2.05. The molecule has 3 nitrogen and oxygen atoms in total. The van der Waals surface area contributed by atoms with Crippen molar-refractivity contribution in [3.05, 3.63) is 28.3 Å². The second kappa shape index (κ2) is 3.58. The fourth-order valence-corrected chi connectivity index (χ4v) is 2.23. The van der Waals surface area contributed by atoms with Gasteiger partial charge in [-0.05, 0) is 12.1 Å². The molecule has 74 valence electrons. The van der Waals surface area contributed by atoms with E-state index in [4.69, 9.17) is 14.7 Å². The number of carbonyl (C=O) groups is 1. The maximum absolute atomic E-state index is 11.7. The molecule has 0 saturated carbocycles. The summed E-state index contributed by atoms with van der Waals surface area (Å²) in [5.74, 6) is 0.669. The van der Waals surface area contributed by atoms with Gasteiger partial charge >= 0.3 is 0 Å². The Labute approximate surface area is 101 Å². The largest absolute Gasteiger partial charge is 0.427 e. The van der Waals surface area contributed by atoms with Crippen molar-refractivity contribution in [1.29, 1.82) is 0 Å². The van der Waals surface area contributed by atoms with Crippen LogP contribution in [0, 0.1) is 0 Å². The SMILES string of the molecule is CN1Cc2c(OI)ccc(Cl)c2C1=O. The van der Waals surface area contributed by atoms with E-state index in [9.17, 15) is 4.79 Å². The Hall–Kier alpha value is -0.490. The van der Waals surface area contributed by atoms with Crippen molar-refractivity contribution in [1.82, 2.24) is 4.90 Å². The maximum atomic E-state index is 11.7. The monoisotopic (exact) mass is 323 g/mol. The van der Waals surface area contributed by atoms with Crippen molar-refractivity contribution in [2.24, 2.45) is 0 Å². The van der Waals surface area contributed by atoms with Crippen LogP contribution in [-0.4, -0.2) is 17.9 Å². The summed E-state index contributed by atoms with van der Waals surface area (Å²) in [6, 6.07) is 3.46. The van der Waals surface area contributed by atoms with Gasteiger partial charge in [-0.3, -0.25) is 4.79 Å². The molecule has 14 heavy (non-hydrogen) atoms. The summed E-state index contributed by atoms with van der Waals surface area (Å²) < 4.78 is 5.14. The van der Waals surface area contributed by atoms with Gasteiger partial charge in [0.1, 0.15) is 5.75 Å². The average Bonchev–Trinajstić information content (AvgIpc) is 2.45. The van der Waals surface area contributed by atoms with E-state index in [-0.39, 0.29) is 5.91 Å². The number of rotatable bonds is 1. The molecule has 1 aromatic carbocycles. The quantitative estimate of drug-likeness (QED) is 0.744. The predicted octanol–water partition coefficient (Wildman–Crippen LogP) is 2.65. The Kier molecular flexibility index (Phi) is 2.57. The highest BCUT2D eigenvalue weighted by molar-refractivity contribution is 14.1. The van der Waals surface area contributed by atoms with Gasteiger partial charge in [0.25, 0.3) is 5.91 Å². The van der Waals surface area contributed by atoms with E-state index in [1.54, 1.807) is 47.1 Å². The maximum Gasteiger partial charge on any atom is 0.255 e. The molecule has 1 amide bonds. The highest BCUT2D eigenvalue weighted by Gasteiger charge is 2.29. The zero-order chi connectivity index (χ0) is 10.3. The first-order valence-electron chi connectivity index (χ1n) is 4.00. The van der Waals surface area contributed by atoms with E-state index in [0.29, 0.717) is 22.9 Å². The van der Waals surface area contributed by atoms with Crippen molar-refractivity contribution in [2.45, 2.75) is 6.54 Å². The number of benzene rings is 1. The third-order valence-corrected chi connectivity index (χ3v) is 3.05. The molecule has 0 fully saturated rings. The van der Waals surface area contributed by atoms with Gasteiger partial charge in [0, 0.05) is 12.6 Å². The van der Waals surface area contributed by atoms with Crippen LogP contribution >= 0.6 is 34.6 Å². The summed E-state index contributed by atoms with van der Waals surface area (Å²) in [4.78, 5) is 13.3. The molecule has 0 bridgehead atoms. The van der Waals surface area contributed by atoms with Crippen molar-refractivity contribution in [2.75, 3.05) is 7.05 Å². The van der Waals surface area contributed by atoms with Gasteiger partial charge in [0.05, 0.1) is 17.1 Å². The van der Waals surface area contributed by atoms with Crippen LogP contribution in [0.15, 0.2) is 12.1 Å². The first-order chi connectivity index (χ1) is 6.65. The molecule has 0 spiro atoms. The lowest BCUT2D eigenvalue weighted by atomic mass is 10.1. The number of halogens is 2. The molecule has 0 N–H and O–H groups in total. The van der Waals surface area contributed by atoms with Crippen LogP contribution in [0.3, 0.4) is 0 Å². The zero-order valence-electron chi connectivity index (χ0n) is 7.38. The predicted molar refractivity (Wildman–Crippen MR) is 61.9 cm³/mol. The molecule has 1 aliphatic heterocycles. The van der Waals surface area contributed by atoms with Crippen LogP contribution in [0.2, 0.25) is 5.02 Å². The molecule has 2 rings (SSSR count). The Morgan fingerprint density at radius 3 is 2.93 bits per heavy atom. The number of amides is 1. The summed E-state index contributed by atoms with van der Waals surface area (Å²) in [6.45, 7) is 0.563. The molecule has 1 aliphatic rings. The minimum atomic E-state index is -0.0414. The van der Waals surface area contributed by atoms with Crippen molar-refractivity contribution in [3.8, 4) is 5.75 Å². The molecule has 0 unspecified atom stereocenters. The topological polar surface area (TPSA) is 29.5 Å². The van der Waals surface area contributed by atoms with Gasteiger partial charge < -0.3 is 7.97 Å². The number of hydrogen-bond acceptors (Lipinski definition) is 2. The molecule has 0 aliphatic carbocycles. The molecule has 0 saturated heterocycles. The number of nitrogens with zero attached hydrogens (tertiary/aromatic N) is 1. The van der Waals surface area contributed by atoms with Gasteiger partial charge in [-0.2, -0.15) is 0 Å². The number of fused-ring (bicyclic) bond motifs is 1. The van der Waals surface area contributed by atoms with E-state index in [1.807, 2.05) is 0 Å². The van der Waals surface area contributed by atoms with E-state index in [1.165, 1.54) is 0 Å². The standard InChI is InChI=1S/C9H7ClINO2/c1-12-4-5-7(14-11)3-2-6(10)8(5)9(12)13/h2-3H,4H2,1H3. The molecular formula is C9H7ClINO2. The summed E-state index contributed by atoms with van der Waals surface area (Å²) in [7, 11) is 1.75. The van der Waals surface area contributed by atoms with Crippen LogP contribution in [-0.2, 0) is 6.54 Å². The second-order valence-corrected chi connectivity index (χ2v) is 3.99. The Bertz CT molecular complexity index is 408. The molecule has 0 radical (unpaired) electrons. The van der Waals surface area contributed by atoms with Gasteiger partial charge in [0.2, 0.25) is 0 Å². The van der Waals surface area contributed by atoms with E-state index in [2.05, 4.69) is 0 Å². The van der Waals surface area contributed by atoms with Crippen LogP contribution in [0.4, 0.5) is 0 Å². The zero-order valence-corrected chi connectivity index (χ0v) is 10.3. The Morgan fingerprint density at radius 2 is 2.29 bits per heavy atom. The minimum Gasteiger partial charge on any atom is -0.427 e. The van der Waals surface area contributed by atoms with Crippen LogP contribution in [0.1, 0.15) is 15.9 Å². The van der Waals surface area contributed by atoms with Gasteiger partial charge in [0.15, 0.2) is 23.0 Å². The van der Waals surface area contributed by atoms with Gasteiger partial charge in [-0.1, -0.05) is 11.6 Å². The van der Waals surface area contributed by atoms with Crippen molar-refractivity contribution >= 4 is 40.5 Å². The Balaban J connectivity index is 2.64. The molecule has 0 atom stereocenters. The number of hydrogen-bond donors (Lipinski definition) is 0. The first-order valence-corrected chi connectivity index (χ1v) is 5.26. The third-order valence-electron chi connectivity index (χ3n) is 2.26. The molecular weight excluding hydrogens is 316 g/mol. The smallest absolute Gasteiger partial charge is 0.255 e. The van der Waals surface area contributed by atoms with Crippen molar-refractivity contribution in [3.63, 3.8) is 0 Å². The highest BCUT2D eigenvalue weighted by atomic mass is 127. The van der Waals surface area contributed by atoms with Gasteiger partial charge in [-0.25, -0.2) is 0 Å². The van der Waals surface area contributed by atoms with E-state index >= 15 is 0 Å². The summed E-state index contributed by atoms with van der Waals surface area (Å²) in [5, 5.41) is 0.492. The Morgan fingerprint density at radius 1 is 1.57 bits per heavy atom. The highest BCUT2D eigenvalue weighted by Crippen LogP contribution is 2.35. The molecule has 1 heterocycles. The third kappa shape index (κ3) is 1.37. The van der Waals surface area contributed by atoms with Crippen LogP contribution in [0.5, 0.6) is 5.75 Å². The minimum absolute atomic E-state index is 0.0414.